The third kappa shape index (κ3) is 2.48. The van der Waals surface area contributed by atoms with Gasteiger partial charge < -0.3 is 10.5 Å². The monoisotopic (exact) mass is 190 g/mol. The van der Waals surface area contributed by atoms with Crippen LogP contribution in [0.2, 0.25) is 0 Å². The molecule has 0 aromatic heterocycles. The van der Waals surface area contributed by atoms with Crippen molar-refractivity contribution in [2.45, 2.75) is 26.0 Å². The zero-order valence-electron chi connectivity index (χ0n) is 8.40. The average molecular weight is 190 g/mol. The molecule has 2 N–H and O–H groups in total. The van der Waals surface area contributed by atoms with Crippen LogP contribution in [0.4, 0.5) is 0 Å². The fraction of sp³-hybridized carbons (Fsp3) is 0.364. The molecular formula is C11H14N2O. The lowest BCUT2D eigenvalue weighted by Gasteiger charge is -2.14. The van der Waals surface area contributed by atoms with Crippen molar-refractivity contribution < 1.29 is 4.74 Å². The Hall–Kier alpha value is -1.53. The topological polar surface area (TPSA) is 59.0 Å². The van der Waals surface area contributed by atoms with Crippen LogP contribution in [0.15, 0.2) is 24.3 Å². The smallest absolute Gasteiger partial charge is 0.181 e. The predicted molar refractivity (Wildman–Crippen MR) is 54.7 cm³/mol. The molecule has 0 saturated heterocycles. The molecule has 0 amide bonds. The van der Waals surface area contributed by atoms with Gasteiger partial charge >= 0.3 is 0 Å². The Balaban J connectivity index is 2.91. The van der Waals surface area contributed by atoms with E-state index in [1.54, 1.807) is 6.92 Å². The summed E-state index contributed by atoms with van der Waals surface area (Å²) in [6.45, 7) is 3.59. The van der Waals surface area contributed by atoms with Crippen LogP contribution in [0.3, 0.4) is 0 Å². The first-order valence-corrected chi connectivity index (χ1v) is 4.56. The molecule has 2 atom stereocenters. The molecule has 0 bridgehead atoms. The minimum atomic E-state index is -0.449. The zero-order valence-corrected chi connectivity index (χ0v) is 8.40. The van der Waals surface area contributed by atoms with Crippen LogP contribution < -0.4 is 10.5 Å². The third-order valence-electron chi connectivity index (χ3n) is 1.90. The lowest BCUT2D eigenvalue weighted by atomic mass is 10.1. The SMILES string of the molecule is CC(C#N)Oc1ccccc1[C@@H](C)N. The molecule has 3 nitrogen and oxygen atoms in total. The summed E-state index contributed by atoms with van der Waals surface area (Å²) in [6, 6.07) is 9.43. The summed E-state index contributed by atoms with van der Waals surface area (Å²) in [5, 5.41) is 8.62. The highest BCUT2D eigenvalue weighted by Gasteiger charge is 2.09. The number of hydrogen-bond acceptors (Lipinski definition) is 3. The zero-order chi connectivity index (χ0) is 10.6. The van der Waals surface area contributed by atoms with Crippen LogP contribution in [0.25, 0.3) is 0 Å². The fourth-order valence-corrected chi connectivity index (χ4v) is 1.18. The number of nitriles is 1. The lowest BCUT2D eigenvalue weighted by Crippen LogP contribution is -2.13. The number of nitrogens with zero attached hydrogens (tertiary/aromatic N) is 1. The average Bonchev–Trinajstić information content (AvgIpc) is 2.18. The molecule has 0 aliphatic rings. The first-order valence-electron chi connectivity index (χ1n) is 4.56. The molecule has 1 aromatic rings. The Morgan fingerprint density at radius 1 is 1.36 bits per heavy atom. The standard InChI is InChI=1S/C11H14N2O/c1-8(7-12)14-11-6-4-3-5-10(11)9(2)13/h3-6,8-9H,13H2,1-2H3/t8?,9-/m1/s1. The van der Waals surface area contributed by atoms with E-state index >= 15 is 0 Å². The van der Waals surface area contributed by atoms with Crippen molar-refractivity contribution in [2.75, 3.05) is 0 Å². The first kappa shape index (κ1) is 10.6. The van der Waals surface area contributed by atoms with Crippen LogP contribution in [0.5, 0.6) is 5.75 Å². The number of nitrogens with two attached hydrogens (primary N) is 1. The van der Waals surface area contributed by atoms with Crippen molar-refractivity contribution in [1.29, 1.82) is 5.26 Å². The molecule has 0 aliphatic carbocycles. The summed E-state index contributed by atoms with van der Waals surface area (Å²) >= 11 is 0. The largest absolute Gasteiger partial charge is 0.476 e. The van der Waals surface area contributed by atoms with Gasteiger partial charge in [0, 0.05) is 11.6 Å². The number of rotatable bonds is 3. The second-order valence-electron chi connectivity index (χ2n) is 3.22. The van der Waals surface area contributed by atoms with E-state index in [9.17, 15) is 0 Å². The van der Waals surface area contributed by atoms with Crippen molar-refractivity contribution >= 4 is 0 Å². The maximum absolute atomic E-state index is 8.62. The van der Waals surface area contributed by atoms with E-state index in [2.05, 4.69) is 0 Å². The first-order chi connectivity index (χ1) is 6.65. The summed E-state index contributed by atoms with van der Waals surface area (Å²) in [6.07, 6.45) is -0.449. The number of para-hydroxylation sites is 1. The van der Waals surface area contributed by atoms with Crippen molar-refractivity contribution in [3.63, 3.8) is 0 Å². The van der Waals surface area contributed by atoms with Gasteiger partial charge in [0.1, 0.15) is 11.8 Å². The Labute approximate surface area is 84.1 Å². The molecule has 0 fully saturated rings. The summed E-state index contributed by atoms with van der Waals surface area (Å²) < 4.78 is 5.41. The normalized spacial score (nSPS) is 14.1. The molecule has 1 unspecified atom stereocenters. The van der Waals surface area contributed by atoms with Gasteiger partial charge in [-0.15, -0.1) is 0 Å². The molecular weight excluding hydrogens is 176 g/mol. The second kappa shape index (κ2) is 4.64. The summed E-state index contributed by atoms with van der Waals surface area (Å²) in [4.78, 5) is 0. The van der Waals surface area contributed by atoms with Gasteiger partial charge in [0.15, 0.2) is 6.10 Å². The second-order valence-corrected chi connectivity index (χ2v) is 3.22. The molecule has 74 valence electrons. The Kier molecular flexibility index (Phi) is 3.49. The Morgan fingerprint density at radius 3 is 2.57 bits per heavy atom. The van der Waals surface area contributed by atoms with Gasteiger partial charge in [0.2, 0.25) is 0 Å². The van der Waals surface area contributed by atoms with Crippen molar-refractivity contribution in [3.8, 4) is 11.8 Å². The minimum Gasteiger partial charge on any atom is -0.476 e. The van der Waals surface area contributed by atoms with E-state index in [1.807, 2.05) is 37.3 Å². The highest BCUT2D eigenvalue weighted by atomic mass is 16.5. The highest BCUT2D eigenvalue weighted by molar-refractivity contribution is 5.35. The van der Waals surface area contributed by atoms with E-state index in [0.717, 1.165) is 5.56 Å². The minimum absolute atomic E-state index is 0.0860. The molecule has 0 saturated carbocycles. The molecule has 14 heavy (non-hydrogen) atoms. The van der Waals surface area contributed by atoms with E-state index in [-0.39, 0.29) is 6.04 Å². The molecule has 0 heterocycles. The van der Waals surface area contributed by atoms with E-state index in [1.165, 1.54) is 0 Å². The van der Waals surface area contributed by atoms with Crippen molar-refractivity contribution in [2.24, 2.45) is 5.73 Å². The quantitative estimate of drug-likeness (QED) is 0.793. The Bertz CT molecular complexity index is 341. The Morgan fingerprint density at radius 2 is 2.00 bits per heavy atom. The van der Waals surface area contributed by atoms with Crippen LogP contribution in [-0.2, 0) is 0 Å². The number of ether oxygens (including phenoxy) is 1. The molecule has 0 spiro atoms. The van der Waals surface area contributed by atoms with Crippen molar-refractivity contribution in [3.05, 3.63) is 29.8 Å². The summed E-state index contributed by atoms with van der Waals surface area (Å²) in [5.74, 6) is 0.691. The summed E-state index contributed by atoms with van der Waals surface area (Å²) in [5.41, 5.74) is 6.69. The van der Waals surface area contributed by atoms with Gasteiger partial charge in [-0.3, -0.25) is 0 Å². The van der Waals surface area contributed by atoms with Crippen LogP contribution >= 0.6 is 0 Å². The predicted octanol–water partition coefficient (Wildman–Crippen LogP) is 2.00. The van der Waals surface area contributed by atoms with Gasteiger partial charge in [-0.05, 0) is 19.9 Å². The van der Waals surface area contributed by atoms with Crippen molar-refractivity contribution in [1.82, 2.24) is 0 Å². The molecule has 3 heteroatoms. The summed E-state index contributed by atoms with van der Waals surface area (Å²) in [7, 11) is 0. The van der Waals surface area contributed by atoms with Crippen LogP contribution in [0, 0.1) is 11.3 Å². The number of benzene rings is 1. The maximum atomic E-state index is 8.62. The van der Waals surface area contributed by atoms with Gasteiger partial charge in [0.05, 0.1) is 0 Å². The van der Waals surface area contributed by atoms with E-state index in [4.69, 9.17) is 15.7 Å². The van der Waals surface area contributed by atoms with Crippen LogP contribution in [-0.4, -0.2) is 6.10 Å². The molecule has 0 aliphatic heterocycles. The third-order valence-corrected chi connectivity index (χ3v) is 1.90. The van der Waals surface area contributed by atoms with E-state index in [0.29, 0.717) is 5.75 Å². The molecule has 1 rings (SSSR count). The maximum Gasteiger partial charge on any atom is 0.181 e. The molecule has 0 radical (unpaired) electrons. The van der Waals surface area contributed by atoms with Gasteiger partial charge in [-0.1, -0.05) is 18.2 Å². The van der Waals surface area contributed by atoms with Gasteiger partial charge in [-0.25, -0.2) is 0 Å². The number of hydrogen-bond donors (Lipinski definition) is 1. The highest BCUT2D eigenvalue weighted by Crippen LogP contribution is 2.23. The molecule has 1 aromatic carbocycles. The van der Waals surface area contributed by atoms with Crippen LogP contribution in [0.1, 0.15) is 25.5 Å². The van der Waals surface area contributed by atoms with Gasteiger partial charge in [-0.2, -0.15) is 5.26 Å². The lowest BCUT2D eigenvalue weighted by molar-refractivity contribution is 0.272. The van der Waals surface area contributed by atoms with E-state index < -0.39 is 6.10 Å². The fourth-order valence-electron chi connectivity index (χ4n) is 1.18. The van der Waals surface area contributed by atoms with Gasteiger partial charge in [0.25, 0.3) is 0 Å².